The number of hydrogen-bond donors (Lipinski definition) is 0. The van der Waals surface area contributed by atoms with Crippen LogP contribution < -0.4 is 0 Å². The molecule has 2 heterocycles. The largest absolute Gasteiger partial charge is 0.248 e. The van der Waals surface area contributed by atoms with E-state index in [-0.39, 0.29) is 0 Å². The highest BCUT2D eigenvalue weighted by Crippen LogP contribution is 2.32. The lowest BCUT2D eigenvalue weighted by Gasteiger charge is -1.99. The lowest BCUT2D eigenvalue weighted by atomic mass is 10.2. The second kappa shape index (κ2) is 6.93. The van der Waals surface area contributed by atoms with Gasteiger partial charge in [-0.2, -0.15) is 0 Å². The lowest BCUT2D eigenvalue weighted by Crippen LogP contribution is -1.99. The Hall–Kier alpha value is -1.89. The van der Waals surface area contributed by atoms with Gasteiger partial charge in [0.05, 0.1) is 22.5 Å². The third-order valence-electron chi connectivity index (χ3n) is 3.45. The van der Waals surface area contributed by atoms with Gasteiger partial charge in [-0.1, -0.05) is 58.9 Å². The molecule has 0 spiro atoms. The minimum absolute atomic E-state index is 0.716. The molecule has 0 unspecified atom stereocenters. The van der Waals surface area contributed by atoms with Crippen LogP contribution in [0.1, 0.15) is 11.3 Å². The van der Waals surface area contributed by atoms with E-state index in [9.17, 15) is 0 Å². The fourth-order valence-corrected chi connectivity index (χ4v) is 4.42. The van der Waals surface area contributed by atoms with E-state index in [1.165, 1.54) is 5.56 Å². The molecule has 7 heteroatoms. The number of nitrogens with zero attached hydrogens (tertiary/aromatic N) is 4. The van der Waals surface area contributed by atoms with E-state index in [1.807, 2.05) is 47.3 Å². The van der Waals surface area contributed by atoms with E-state index in [0.29, 0.717) is 5.02 Å². The SMILES string of the molecule is Clc1ccc2sc(SCc3cn(Cc4ccccc4)nn3)nc2c1. The van der Waals surface area contributed by atoms with Crippen LogP contribution in [0.2, 0.25) is 5.02 Å². The molecule has 4 nitrogen and oxygen atoms in total. The Morgan fingerprint density at radius 2 is 2.00 bits per heavy atom. The minimum Gasteiger partial charge on any atom is -0.248 e. The van der Waals surface area contributed by atoms with E-state index in [2.05, 4.69) is 27.4 Å². The maximum atomic E-state index is 6.01. The van der Waals surface area contributed by atoms with Crippen LogP contribution in [0.3, 0.4) is 0 Å². The summed E-state index contributed by atoms with van der Waals surface area (Å²) in [7, 11) is 0. The third-order valence-corrected chi connectivity index (χ3v) is 5.90. The van der Waals surface area contributed by atoms with Crippen molar-refractivity contribution in [2.45, 2.75) is 16.6 Å². The van der Waals surface area contributed by atoms with Gasteiger partial charge in [-0.05, 0) is 23.8 Å². The molecule has 0 saturated carbocycles. The first-order chi connectivity index (χ1) is 11.8. The predicted octanol–water partition coefficient (Wildman–Crippen LogP) is 4.88. The molecule has 0 aliphatic rings. The topological polar surface area (TPSA) is 43.6 Å². The van der Waals surface area contributed by atoms with Crippen LogP contribution in [0.5, 0.6) is 0 Å². The van der Waals surface area contributed by atoms with E-state index in [0.717, 1.165) is 32.5 Å². The Kier molecular flexibility index (Phi) is 4.51. The molecule has 0 aliphatic carbocycles. The van der Waals surface area contributed by atoms with Crippen molar-refractivity contribution < 1.29 is 0 Å². The number of hydrogen-bond acceptors (Lipinski definition) is 5. The highest BCUT2D eigenvalue weighted by molar-refractivity contribution is 8.00. The maximum Gasteiger partial charge on any atom is 0.151 e. The Morgan fingerprint density at radius 3 is 2.88 bits per heavy atom. The minimum atomic E-state index is 0.716. The molecule has 0 saturated heterocycles. The molecule has 4 rings (SSSR count). The Morgan fingerprint density at radius 1 is 1.12 bits per heavy atom. The van der Waals surface area contributed by atoms with Crippen molar-refractivity contribution in [3.8, 4) is 0 Å². The van der Waals surface area contributed by atoms with Crippen LogP contribution >= 0.6 is 34.7 Å². The maximum absolute atomic E-state index is 6.01. The summed E-state index contributed by atoms with van der Waals surface area (Å²) in [5, 5.41) is 9.16. The van der Waals surface area contributed by atoms with Gasteiger partial charge in [0.15, 0.2) is 4.34 Å². The molecule has 0 radical (unpaired) electrons. The highest BCUT2D eigenvalue weighted by Gasteiger charge is 2.07. The normalized spacial score (nSPS) is 11.2. The summed E-state index contributed by atoms with van der Waals surface area (Å²) in [6, 6.07) is 16.0. The lowest BCUT2D eigenvalue weighted by molar-refractivity contribution is 0.649. The van der Waals surface area contributed by atoms with Crippen LogP contribution in [0.15, 0.2) is 59.1 Å². The standard InChI is InChI=1S/C17H13ClN4S2/c18-13-6-7-16-15(8-13)19-17(24-16)23-11-14-10-22(21-20-14)9-12-4-2-1-3-5-12/h1-8,10H,9,11H2. The van der Waals surface area contributed by atoms with Crippen LogP contribution in [-0.4, -0.2) is 20.0 Å². The number of halogens is 1. The van der Waals surface area contributed by atoms with Crippen molar-refractivity contribution in [3.05, 3.63) is 71.0 Å². The van der Waals surface area contributed by atoms with Crippen molar-refractivity contribution >= 4 is 44.9 Å². The monoisotopic (exact) mass is 372 g/mol. The van der Waals surface area contributed by atoms with Gasteiger partial charge in [-0.25, -0.2) is 9.67 Å². The summed E-state index contributed by atoms with van der Waals surface area (Å²) in [6.45, 7) is 0.734. The van der Waals surface area contributed by atoms with Crippen LogP contribution in [0.25, 0.3) is 10.2 Å². The van der Waals surface area contributed by atoms with Gasteiger partial charge in [0.2, 0.25) is 0 Å². The smallest absolute Gasteiger partial charge is 0.151 e. The van der Waals surface area contributed by atoms with E-state index in [1.54, 1.807) is 23.1 Å². The highest BCUT2D eigenvalue weighted by atomic mass is 35.5. The number of rotatable bonds is 5. The molecule has 2 aromatic heterocycles. The number of thiazole rings is 1. The van der Waals surface area contributed by atoms with E-state index in [4.69, 9.17) is 11.6 Å². The average Bonchev–Trinajstić information content (AvgIpc) is 3.20. The van der Waals surface area contributed by atoms with Crippen molar-refractivity contribution in [3.63, 3.8) is 0 Å². The summed E-state index contributed by atoms with van der Waals surface area (Å²) in [5.41, 5.74) is 3.11. The zero-order valence-corrected chi connectivity index (χ0v) is 15.0. The van der Waals surface area contributed by atoms with Gasteiger partial charge in [0.25, 0.3) is 0 Å². The van der Waals surface area contributed by atoms with Crippen LogP contribution in [0.4, 0.5) is 0 Å². The molecule has 0 aliphatic heterocycles. The van der Waals surface area contributed by atoms with Crippen molar-refractivity contribution in [1.29, 1.82) is 0 Å². The van der Waals surface area contributed by atoms with Crippen LogP contribution in [0, 0.1) is 0 Å². The molecular formula is C17H13ClN4S2. The number of thioether (sulfide) groups is 1. The van der Waals surface area contributed by atoms with Crippen molar-refractivity contribution in [2.75, 3.05) is 0 Å². The number of aromatic nitrogens is 4. The number of fused-ring (bicyclic) bond motifs is 1. The van der Waals surface area contributed by atoms with Gasteiger partial charge in [0, 0.05) is 17.0 Å². The first-order valence-corrected chi connectivity index (χ1v) is 9.56. The first kappa shape index (κ1) is 15.6. The quantitative estimate of drug-likeness (QED) is 0.468. The summed E-state index contributed by atoms with van der Waals surface area (Å²) >= 11 is 9.35. The average molecular weight is 373 g/mol. The second-order valence-corrected chi connectivity index (χ2v) is 7.96. The Bertz CT molecular complexity index is 965. The van der Waals surface area contributed by atoms with Crippen molar-refractivity contribution in [1.82, 2.24) is 20.0 Å². The van der Waals surface area contributed by atoms with Gasteiger partial charge in [-0.3, -0.25) is 0 Å². The molecule has 4 aromatic rings. The van der Waals surface area contributed by atoms with Crippen LogP contribution in [-0.2, 0) is 12.3 Å². The fraction of sp³-hybridized carbons (Fsp3) is 0.118. The molecule has 0 amide bonds. The van der Waals surface area contributed by atoms with Crippen molar-refractivity contribution in [2.24, 2.45) is 0 Å². The Balaban J connectivity index is 1.42. The zero-order valence-electron chi connectivity index (χ0n) is 12.6. The molecular weight excluding hydrogens is 360 g/mol. The van der Waals surface area contributed by atoms with E-state index < -0.39 is 0 Å². The second-order valence-electron chi connectivity index (χ2n) is 5.27. The summed E-state index contributed by atoms with van der Waals surface area (Å²) < 4.78 is 4.03. The first-order valence-electron chi connectivity index (χ1n) is 7.38. The Labute approximate surface area is 152 Å². The number of benzene rings is 2. The molecule has 0 bridgehead atoms. The fourth-order valence-electron chi connectivity index (χ4n) is 2.33. The molecule has 0 atom stereocenters. The molecule has 24 heavy (non-hydrogen) atoms. The van der Waals surface area contributed by atoms with Gasteiger partial charge in [0.1, 0.15) is 0 Å². The van der Waals surface area contributed by atoms with Gasteiger partial charge < -0.3 is 0 Å². The predicted molar refractivity (Wildman–Crippen MR) is 99.8 cm³/mol. The van der Waals surface area contributed by atoms with Gasteiger partial charge >= 0.3 is 0 Å². The third kappa shape index (κ3) is 3.61. The molecule has 120 valence electrons. The molecule has 0 N–H and O–H groups in total. The summed E-state index contributed by atoms with van der Waals surface area (Å²) in [6.07, 6.45) is 1.99. The molecule has 2 aromatic carbocycles. The van der Waals surface area contributed by atoms with Gasteiger partial charge in [-0.15, -0.1) is 16.4 Å². The van der Waals surface area contributed by atoms with E-state index >= 15 is 0 Å². The zero-order chi connectivity index (χ0) is 16.4. The summed E-state index contributed by atoms with van der Waals surface area (Å²) in [5.74, 6) is 0.752. The summed E-state index contributed by atoms with van der Waals surface area (Å²) in [4.78, 5) is 4.61. The molecule has 0 fully saturated rings.